The SMILES string of the molecule is C[C@@]1(NC(=O)C(NC(=O)N2CCN(Cc3ccccc3)C(=O)C2=O)c2ccccc2)C(=S)N2C(C(=O)O)=C(CSc3nnc(CC(=O)O)[nH]3)CS[C@H]21. The number of imide groups is 1. The van der Waals surface area contributed by atoms with Gasteiger partial charge in [-0.3, -0.25) is 24.1 Å². The molecule has 2 saturated heterocycles. The average molecular weight is 765 g/mol. The fourth-order valence-corrected chi connectivity index (χ4v) is 8.96. The minimum atomic E-state index is -1.30. The van der Waals surface area contributed by atoms with Crippen LogP contribution in [0.2, 0.25) is 0 Å². The lowest BCUT2D eigenvalue weighted by molar-refractivity contribution is -0.154. The van der Waals surface area contributed by atoms with E-state index < -0.39 is 52.6 Å². The van der Waals surface area contributed by atoms with E-state index in [0.717, 1.165) is 10.5 Å². The van der Waals surface area contributed by atoms with E-state index in [1.807, 2.05) is 30.3 Å². The van der Waals surface area contributed by atoms with Gasteiger partial charge in [0.15, 0.2) is 5.16 Å². The van der Waals surface area contributed by atoms with Crippen molar-refractivity contribution in [3.63, 3.8) is 0 Å². The van der Waals surface area contributed by atoms with Gasteiger partial charge in [0.05, 0.1) is 0 Å². The van der Waals surface area contributed by atoms with Gasteiger partial charge in [-0.25, -0.2) is 9.59 Å². The van der Waals surface area contributed by atoms with Crippen LogP contribution < -0.4 is 10.6 Å². The molecule has 1 aromatic heterocycles. The molecule has 5 N–H and O–H groups in total. The van der Waals surface area contributed by atoms with Crippen LogP contribution in [0.1, 0.15) is 29.9 Å². The number of carboxylic acids is 2. The summed E-state index contributed by atoms with van der Waals surface area (Å²) >= 11 is 8.25. The van der Waals surface area contributed by atoms with Crippen LogP contribution in [0.4, 0.5) is 4.79 Å². The van der Waals surface area contributed by atoms with E-state index in [1.54, 1.807) is 37.3 Å². The van der Waals surface area contributed by atoms with Crippen molar-refractivity contribution in [2.45, 2.75) is 42.0 Å². The summed E-state index contributed by atoms with van der Waals surface area (Å²) in [7, 11) is 0. The number of thioether (sulfide) groups is 2. The normalized spacial score (nSPS) is 20.6. The summed E-state index contributed by atoms with van der Waals surface area (Å²) < 4.78 is 0. The number of hydrogen-bond acceptors (Lipinski definition) is 11. The Morgan fingerprint density at radius 1 is 1.04 bits per heavy atom. The maximum atomic E-state index is 14.0. The van der Waals surface area contributed by atoms with Crippen molar-refractivity contribution in [2.75, 3.05) is 24.6 Å². The van der Waals surface area contributed by atoms with Crippen molar-refractivity contribution < 1.29 is 39.0 Å². The van der Waals surface area contributed by atoms with Crippen LogP contribution in [0.25, 0.3) is 0 Å². The number of nitrogens with zero attached hydrogens (tertiary/aromatic N) is 5. The average Bonchev–Trinajstić information content (AvgIpc) is 3.58. The Morgan fingerprint density at radius 3 is 2.40 bits per heavy atom. The lowest BCUT2D eigenvalue weighted by atomic mass is 9.88. The van der Waals surface area contributed by atoms with Gasteiger partial charge in [0.25, 0.3) is 0 Å². The summed E-state index contributed by atoms with van der Waals surface area (Å²) in [5, 5.41) is 32.2. The van der Waals surface area contributed by atoms with Crippen molar-refractivity contribution >= 4 is 76.4 Å². The Labute approximate surface area is 310 Å². The molecule has 2 fully saturated rings. The van der Waals surface area contributed by atoms with E-state index in [2.05, 4.69) is 25.8 Å². The number of nitrogens with one attached hydrogen (secondary N) is 3. The molecule has 3 aromatic rings. The lowest BCUT2D eigenvalue weighted by Crippen LogP contribution is -2.78. The number of thiocarbonyl (C=S) groups is 1. The van der Waals surface area contributed by atoms with E-state index in [-0.39, 0.29) is 54.1 Å². The third-order valence-electron chi connectivity index (χ3n) is 8.62. The first-order chi connectivity index (χ1) is 24.9. The van der Waals surface area contributed by atoms with E-state index in [0.29, 0.717) is 16.3 Å². The second-order valence-electron chi connectivity index (χ2n) is 12.2. The van der Waals surface area contributed by atoms with Gasteiger partial charge in [-0.2, -0.15) is 0 Å². The number of aromatic nitrogens is 3. The van der Waals surface area contributed by atoms with Crippen LogP contribution in [0.5, 0.6) is 0 Å². The molecule has 16 nitrogen and oxygen atoms in total. The first-order valence-corrected chi connectivity index (χ1v) is 18.3. The van der Waals surface area contributed by atoms with E-state index >= 15 is 0 Å². The molecule has 1 unspecified atom stereocenters. The van der Waals surface area contributed by atoms with Crippen molar-refractivity contribution in [2.24, 2.45) is 0 Å². The molecule has 4 heterocycles. The Bertz CT molecular complexity index is 1980. The quantitative estimate of drug-likeness (QED) is 0.101. The molecular formula is C33H32N8O8S3. The number of hydrogen-bond donors (Lipinski definition) is 5. The molecule has 52 heavy (non-hydrogen) atoms. The molecule has 5 amide bonds. The summed E-state index contributed by atoms with van der Waals surface area (Å²) in [6, 6.07) is 15.3. The number of amides is 5. The van der Waals surface area contributed by atoms with Crippen LogP contribution in [-0.4, -0.2) is 116 Å². The predicted octanol–water partition coefficient (Wildman–Crippen LogP) is 1.78. The van der Waals surface area contributed by atoms with Gasteiger partial charge in [0, 0.05) is 31.1 Å². The highest BCUT2D eigenvalue weighted by molar-refractivity contribution is 8.01. The Hall–Kier alpha value is -5.27. The second-order valence-corrected chi connectivity index (χ2v) is 14.6. The predicted molar refractivity (Wildman–Crippen MR) is 192 cm³/mol. The molecule has 270 valence electrons. The first kappa shape index (κ1) is 36.5. The molecule has 19 heteroatoms. The van der Waals surface area contributed by atoms with Gasteiger partial charge in [0.2, 0.25) is 5.91 Å². The molecule has 2 aromatic carbocycles. The van der Waals surface area contributed by atoms with Gasteiger partial charge in [-0.05, 0) is 23.6 Å². The third-order valence-corrected chi connectivity index (χ3v) is 11.7. The number of fused-ring (bicyclic) bond motifs is 1. The summed E-state index contributed by atoms with van der Waals surface area (Å²) in [6.07, 6.45) is -0.334. The van der Waals surface area contributed by atoms with E-state index in [1.165, 1.54) is 33.3 Å². The summed E-state index contributed by atoms with van der Waals surface area (Å²) in [6.45, 7) is 1.92. The minimum Gasteiger partial charge on any atom is -0.481 e. The minimum absolute atomic E-state index is 0.0271. The molecule has 3 aliphatic heterocycles. The lowest BCUT2D eigenvalue weighted by Gasteiger charge is -2.58. The van der Waals surface area contributed by atoms with Crippen molar-refractivity contribution in [1.29, 1.82) is 0 Å². The zero-order valence-corrected chi connectivity index (χ0v) is 29.9. The van der Waals surface area contributed by atoms with Crippen LogP contribution in [0, 0.1) is 0 Å². The number of rotatable bonds is 12. The van der Waals surface area contributed by atoms with Gasteiger partial charge in [-0.1, -0.05) is 84.6 Å². The molecular weight excluding hydrogens is 733 g/mol. The van der Waals surface area contributed by atoms with Crippen LogP contribution in [0.15, 0.2) is 77.1 Å². The monoisotopic (exact) mass is 764 g/mol. The third kappa shape index (κ3) is 7.37. The topological polar surface area (TPSA) is 218 Å². The second kappa shape index (κ2) is 15.1. The van der Waals surface area contributed by atoms with Crippen molar-refractivity contribution in [3.8, 4) is 0 Å². The summed E-state index contributed by atoms with van der Waals surface area (Å²) in [5.74, 6) is -4.13. The van der Waals surface area contributed by atoms with E-state index in [4.69, 9.17) is 17.3 Å². The molecule has 6 rings (SSSR count). The number of carbonyl (C=O) groups is 6. The van der Waals surface area contributed by atoms with Crippen LogP contribution in [0.3, 0.4) is 0 Å². The van der Waals surface area contributed by atoms with Crippen LogP contribution in [-0.2, 0) is 36.9 Å². The molecule has 0 spiro atoms. The first-order valence-electron chi connectivity index (χ1n) is 15.9. The largest absolute Gasteiger partial charge is 0.481 e. The van der Waals surface area contributed by atoms with Gasteiger partial charge in [0.1, 0.15) is 39.9 Å². The molecule has 3 atom stereocenters. The van der Waals surface area contributed by atoms with Gasteiger partial charge in [-0.15, -0.1) is 22.0 Å². The maximum absolute atomic E-state index is 14.0. The fourth-order valence-electron chi connectivity index (χ4n) is 6.03. The Kier molecular flexibility index (Phi) is 10.6. The number of aromatic amines is 1. The van der Waals surface area contributed by atoms with Crippen LogP contribution >= 0.6 is 35.7 Å². The maximum Gasteiger partial charge on any atom is 0.352 e. The smallest absolute Gasteiger partial charge is 0.352 e. The summed E-state index contributed by atoms with van der Waals surface area (Å²) in [4.78, 5) is 83.7. The molecule has 3 aliphatic rings. The molecule has 0 bridgehead atoms. The fraction of sp³-hybridized carbons (Fsp3) is 0.303. The number of urea groups is 1. The number of carbonyl (C=O) groups excluding carboxylic acids is 4. The Morgan fingerprint density at radius 2 is 1.73 bits per heavy atom. The highest BCUT2D eigenvalue weighted by Gasteiger charge is 2.60. The zero-order chi connectivity index (χ0) is 37.2. The molecule has 0 radical (unpaired) electrons. The summed E-state index contributed by atoms with van der Waals surface area (Å²) in [5.41, 5.74) is 0.560. The molecule has 0 aliphatic carbocycles. The Balaban J connectivity index is 1.14. The number of carboxylic acid groups (broad SMARTS) is 2. The standard InChI is InChI=1S/C33H32N8O8S3/c1-33(29(50)41-24(28(47)48)20(16-51-30(33)41)17-52-31-34-21(37-38-31)14-22(42)43)36-25(44)23(19-10-6-3-7-11-19)35-32(49)40-13-12-39(26(45)27(40)46)15-18-8-4-2-5-9-18/h2-11,23,30H,12-17H2,1H3,(H,35,49)(H,36,44)(H,42,43)(H,47,48)(H,34,37,38)/t23?,30-,33+/m0/s1. The number of benzene rings is 2. The molecule has 0 saturated carbocycles. The van der Waals surface area contributed by atoms with Gasteiger partial charge >= 0.3 is 29.8 Å². The van der Waals surface area contributed by atoms with Gasteiger partial charge < -0.3 is 35.6 Å². The zero-order valence-electron chi connectivity index (χ0n) is 27.5. The number of piperazine rings is 1. The van der Waals surface area contributed by atoms with E-state index in [9.17, 15) is 33.9 Å². The highest BCUT2D eigenvalue weighted by Crippen LogP contribution is 2.47. The number of H-pyrrole nitrogens is 1. The number of aliphatic carboxylic acids is 2. The van der Waals surface area contributed by atoms with Crippen molar-refractivity contribution in [1.82, 2.24) is 40.5 Å². The van der Waals surface area contributed by atoms with Crippen molar-refractivity contribution in [3.05, 3.63) is 88.9 Å². The highest BCUT2D eigenvalue weighted by atomic mass is 32.2.